The van der Waals surface area contributed by atoms with Gasteiger partial charge in [-0.25, -0.2) is 9.67 Å². The Morgan fingerprint density at radius 1 is 1.27 bits per heavy atom. The summed E-state index contributed by atoms with van der Waals surface area (Å²) in [7, 11) is 0. The summed E-state index contributed by atoms with van der Waals surface area (Å²) in [6.07, 6.45) is 4.92. The molecule has 0 spiro atoms. The van der Waals surface area contributed by atoms with E-state index in [1.165, 1.54) is 4.57 Å². The zero-order valence-corrected chi connectivity index (χ0v) is 15.4. The van der Waals surface area contributed by atoms with E-state index in [9.17, 15) is 9.59 Å². The molecule has 136 valence electrons. The molecule has 1 amide bonds. The standard InChI is InChI=1S/C18H22N6O2/c1-12-21-16-14(11-20-24(16)18(2,3)4)17(26)23(12)9-7-15(25)22-13-6-5-8-19-10-13/h5-6,8,10-11H,7,9H2,1-4H3,(H,22,25). The molecule has 0 saturated heterocycles. The number of nitrogens with zero attached hydrogens (tertiary/aromatic N) is 5. The molecule has 3 aromatic rings. The van der Waals surface area contributed by atoms with Gasteiger partial charge < -0.3 is 5.32 Å². The lowest BCUT2D eigenvalue weighted by Crippen LogP contribution is -2.28. The summed E-state index contributed by atoms with van der Waals surface area (Å²) in [5.74, 6) is 0.373. The van der Waals surface area contributed by atoms with Gasteiger partial charge in [0.15, 0.2) is 5.65 Å². The number of aromatic nitrogens is 5. The van der Waals surface area contributed by atoms with Gasteiger partial charge in [0.25, 0.3) is 5.56 Å². The summed E-state index contributed by atoms with van der Waals surface area (Å²) in [4.78, 5) is 33.4. The quantitative estimate of drug-likeness (QED) is 0.774. The molecule has 0 atom stereocenters. The Hall–Kier alpha value is -3.03. The molecule has 3 heterocycles. The largest absolute Gasteiger partial charge is 0.325 e. The smallest absolute Gasteiger partial charge is 0.264 e. The molecule has 0 aliphatic rings. The minimum absolute atomic E-state index is 0.163. The van der Waals surface area contributed by atoms with Crippen LogP contribution in [0.25, 0.3) is 11.0 Å². The lowest BCUT2D eigenvalue weighted by atomic mass is 10.1. The van der Waals surface area contributed by atoms with Crippen molar-refractivity contribution in [3.8, 4) is 0 Å². The van der Waals surface area contributed by atoms with Crippen molar-refractivity contribution >= 4 is 22.6 Å². The number of carbonyl (C=O) groups excluding carboxylic acids is 1. The SMILES string of the molecule is Cc1nc2c(cnn2C(C)(C)C)c(=O)n1CCC(=O)Nc1cccnc1. The zero-order valence-electron chi connectivity index (χ0n) is 15.4. The van der Waals surface area contributed by atoms with Crippen LogP contribution in [0.3, 0.4) is 0 Å². The summed E-state index contributed by atoms with van der Waals surface area (Å²) in [5.41, 5.74) is 0.735. The number of amides is 1. The maximum atomic E-state index is 12.8. The minimum Gasteiger partial charge on any atom is -0.325 e. The van der Waals surface area contributed by atoms with Gasteiger partial charge in [-0.2, -0.15) is 5.10 Å². The number of nitrogens with one attached hydrogen (secondary N) is 1. The molecule has 0 unspecified atom stereocenters. The summed E-state index contributed by atoms with van der Waals surface area (Å²) >= 11 is 0. The minimum atomic E-state index is -0.274. The van der Waals surface area contributed by atoms with Crippen molar-refractivity contribution in [2.45, 2.75) is 46.2 Å². The molecule has 8 heteroatoms. The Morgan fingerprint density at radius 3 is 2.69 bits per heavy atom. The predicted molar refractivity (Wildman–Crippen MR) is 99.0 cm³/mol. The summed E-state index contributed by atoms with van der Waals surface area (Å²) in [6.45, 7) is 8.03. The highest BCUT2D eigenvalue weighted by atomic mass is 16.2. The van der Waals surface area contributed by atoms with Crippen LogP contribution in [0.4, 0.5) is 5.69 Å². The lowest BCUT2D eigenvalue weighted by Gasteiger charge is -2.20. The summed E-state index contributed by atoms with van der Waals surface area (Å²) < 4.78 is 3.26. The fraction of sp³-hybridized carbons (Fsp3) is 0.389. The molecule has 0 radical (unpaired) electrons. The van der Waals surface area contributed by atoms with E-state index < -0.39 is 0 Å². The van der Waals surface area contributed by atoms with Crippen molar-refractivity contribution in [1.82, 2.24) is 24.3 Å². The second kappa shape index (κ2) is 6.70. The van der Waals surface area contributed by atoms with Gasteiger partial charge >= 0.3 is 0 Å². The van der Waals surface area contributed by atoms with E-state index in [1.807, 2.05) is 20.8 Å². The Kier molecular flexibility index (Phi) is 4.58. The molecule has 3 aromatic heterocycles. The van der Waals surface area contributed by atoms with E-state index in [0.717, 1.165) is 0 Å². The van der Waals surface area contributed by atoms with Crippen molar-refractivity contribution in [2.24, 2.45) is 0 Å². The maximum absolute atomic E-state index is 12.8. The van der Waals surface area contributed by atoms with Crippen molar-refractivity contribution in [3.63, 3.8) is 0 Å². The number of aryl methyl sites for hydroxylation is 1. The number of carbonyl (C=O) groups is 1. The number of rotatable bonds is 4. The van der Waals surface area contributed by atoms with Crippen LogP contribution < -0.4 is 10.9 Å². The fourth-order valence-corrected chi connectivity index (χ4v) is 2.73. The molecule has 8 nitrogen and oxygen atoms in total. The predicted octanol–water partition coefficient (Wildman–Crippen LogP) is 2.08. The molecule has 3 rings (SSSR count). The molecular weight excluding hydrogens is 332 g/mol. The number of fused-ring (bicyclic) bond motifs is 1. The first kappa shape index (κ1) is 17.8. The molecule has 0 aliphatic heterocycles. The van der Waals surface area contributed by atoms with Crippen molar-refractivity contribution in [3.05, 3.63) is 46.9 Å². The Bertz CT molecular complexity index is 998. The van der Waals surface area contributed by atoms with Gasteiger partial charge in [0.1, 0.15) is 11.2 Å². The van der Waals surface area contributed by atoms with Crippen molar-refractivity contribution < 1.29 is 4.79 Å². The normalized spacial score (nSPS) is 11.7. The number of anilines is 1. The van der Waals surface area contributed by atoms with Gasteiger partial charge in [0.05, 0.1) is 23.6 Å². The topological polar surface area (TPSA) is 94.7 Å². The van der Waals surface area contributed by atoms with Gasteiger partial charge in [0.2, 0.25) is 5.91 Å². The second-order valence-electron chi connectivity index (χ2n) is 7.12. The van der Waals surface area contributed by atoms with Crippen LogP contribution in [-0.2, 0) is 16.9 Å². The maximum Gasteiger partial charge on any atom is 0.264 e. The van der Waals surface area contributed by atoms with E-state index >= 15 is 0 Å². The second-order valence-corrected chi connectivity index (χ2v) is 7.12. The first-order valence-corrected chi connectivity index (χ1v) is 8.43. The van der Waals surface area contributed by atoms with Crippen LogP contribution >= 0.6 is 0 Å². The van der Waals surface area contributed by atoms with Crippen LogP contribution in [0, 0.1) is 6.92 Å². The van der Waals surface area contributed by atoms with Gasteiger partial charge in [-0.15, -0.1) is 0 Å². The van der Waals surface area contributed by atoms with Crippen LogP contribution in [0.2, 0.25) is 0 Å². The van der Waals surface area contributed by atoms with E-state index in [-0.39, 0.29) is 30.0 Å². The molecule has 0 aromatic carbocycles. The number of hydrogen-bond donors (Lipinski definition) is 1. The molecule has 0 saturated carbocycles. The Balaban J connectivity index is 1.82. The monoisotopic (exact) mass is 354 g/mol. The molecule has 0 bridgehead atoms. The molecule has 26 heavy (non-hydrogen) atoms. The number of pyridine rings is 1. The third-order valence-corrected chi connectivity index (χ3v) is 4.02. The zero-order chi connectivity index (χ0) is 18.9. The van der Waals surface area contributed by atoms with Gasteiger partial charge in [-0.05, 0) is 39.8 Å². The lowest BCUT2D eigenvalue weighted by molar-refractivity contribution is -0.116. The highest BCUT2D eigenvalue weighted by Gasteiger charge is 2.21. The molecule has 0 aliphatic carbocycles. The Labute approximate surface area is 150 Å². The van der Waals surface area contributed by atoms with Crippen molar-refractivity contribution in [2.75, 3.05) is 5.32 Å². The summed E-state index contributed by atoms with van der Waals surface area (Å²) in [5, 5.41) is 7.53. The van der Waals surface area contributed by atoms with E-state index in [2.05, 4.69) is 20.4 Å². The van der Waals surface area contributed by atoms with Crippen LogP contribution in [-0.4, -0.2) is 30.2 Å². The average molecular weight is 354 g/mol. The molecule has 1 N–H and O–H groups in total. The fourth-order valence-electron chi connectivity index (χ4n) is 2.73. The van der Waals surface area contributed by atoms with E-state index in [4.69, 9.17) is 0 Å². The van der Waals surface area contributed by atoms with E-state index in [0.29, 0.717) is 22.5 Å². The Morgan fingerprint density at radius 2 is 2.04 bits per heavy atom. The third kappa shape index (κ3) is 3.49. The van der Waals surface area contributed by atoms with E-state index in [1.54, 1.807) is 42.3 Å². The van der Waals surface area contributed by atoms with Crippen LogP contribution in [0.15, 0.2) is 35.5 Å². The van der Waals surface area contributed by atoms with Gasteiger partial charge in [-0.3, -0.25) is 19.1 Å². The van der Waals surface area contributed by atoms with Crippen LogP contribution in [0.1, 0.15) is 33.0 Å². The van der Waals surface area contributed by atoms with Gasteiger partial charge in [0, 0.05) is 19.2 Å². The molecular formula is C18H22N6O2. The highest BCUT2D eigenvalue weighted by molar-refractivity contribution is 5.90. The first-order chi connectivity index (χ1) is 12.3. The van der Waals surface area contributed by atoms with Crippen molar-refractivity contribution in [1.29, 1.82) is 0 Å². The van der Waals surface area contributed by atoms with Crippen LogP contribution in [0.5, 0.6) is 0 Å². The summed E-state index contributed by atoms with van der Waals surface area (Å²) in [6, 6.07) is 3.51. The van der Waals surface area contributed by atoms with Gasteiger partial charge in [-0.1, -0.05) is 0 Å². The highest BCUT2D eigenvalue weighted by Crippen LogP contribution is 2.18. The molecule has 0 fully saturated rings. The third-order valence-electron chi connectivity index (χ3n) is 4.02. The number of hydrogen-bond acceptors (Lipinski definition) is 5. The first-order valence-electron chi connectivity index (χ1n) is 8.43. The average Bonchev–Trinajstić information content (AvgIpc) is 2.99.